The zero-order chi connectivity index (χ0) is 18.0. The molecule has 2 aromatic heterocycles. The van der Waals surface area contributed by atoms with Crippen LogP contribution in [-0.2, 0) is 0 Å². The lowest BCUT2D eigenvalue weighted by Gasteiger charge is -2.13. The second kappa shape index (κ2) is 7.15. The molecule has 6 heteroatoms. The predicted octanol–water partition coefficient (Wildman–Crippen LogP) is 4.07. The third-order valence-corrected chi connectivity index (χ3v) is 4.57. The highest BCUT2D eigenvalue weighted by Crippen LogP contribution is 2.28. The number of H-pyrrole nitrogens is 1. The van der Waals surface area contributed by atoms with E-state index in [2.05, 4.69) is 22.2 Å². The van der Waals surface area contributed by atoms with Crippen molar-refractivity contribution in [1.29, 1.82) is 0 Å². The van der Waals surface area contributed by atoms with Crippen molar-refractivity contribution in [2.45, 2.75) is 19.8 Å². The van der Waals surface area contributed by atoms with E-state index in [4.69, 9.17) is 16.3 Å². The molecular formula is C19H20ClN3O2. The second-order valence-corrected chi connectivity index (χ2v) is 6.48. The summed E-state index contributed by atoms with van der Waals surface area (Å²) in [7, 11) is 1.65. The molecule has 25 heavy (non-hydrogen) atoms. The first-order valence-corrected chi connectivity index (χ1v) is 8.42. The number of amides is 1. The van der Waals surface area contributed by atoms with Crippen molar-refractivity contribution in [2.24, 2.45) is 0 Å². The molecule has 5 nitrogen and oxygen atoms in total. The number of aryl methyl sites for hydroxylation is 1. The van der Waals surface area contributed by atoms with Gasteiger partial charge in [-0.3, -0.25) is 9.78 Å². The summed E-state index contributed by atoms with van der Waals surface area (Å²) in [4.78, 5) is 19.7. The van der Waals surface area contributed by atoms with Gasteiger partial charge in [0.1, 0.15) is 5.75 Å². The molecule has 0 spiro atoms. The number of halogens is 1. The summed E-state index contributed by atoms with van der Waals surface area (Å²) in [5.74, 6) is 0.714. The van der Waals surface area contributed by atoms with Crippen LogP contribution in [0.15, 0.2) is 36.7 Å². The first-order chi connectivity index (χ1) is 12.0. The topological polar surface area (TPSA) is 67.0 Å². The molecular weight excluding hydrogens is 338 g/mol. The van der Waals surface area contributed by atoms with Gasteiger partial charge >= 0.3 is 0 Å². The van der Waals surface area contributed by atoms with Crippen LogP contribution in [0.4, 0.5) is 0 Å². The quantitative estimate of drug-likeness (QED) is 0.723. The van der Waals surface area contributed by atoms with Crippen LogP contribution in [0, 0.1) is 6.92 Å². The van der Waals surface area contributed by atoms with Crippen molar-refractivity contribution in [2.75, 3.05) is 13.7 Å². The minimum absolute atomic E-state index is 0.127. The molecule has 0 aliphatic rings. The fourth-order valence-electron chi connectivity index (χ4n) is 2.80. The van der Waals surface area contributed by atoms with Crippen molar-refractivity contribution in [3.8, 4) is 5.75 Å². The predicted molar refractivity (Wildman–Crippen MR) is 99.6 cm³/mol. The lowest BCUT2D eigenvalue weighted by Crippen LogP contribution is -2.27. The first kappa shape index (κ1) is 17.3. The molecule has 1 aromatic carbocycles. The van der Waals surface area contributed by atoms with E-state index in [-0.39, 0.29) is 11.8 Å². The third-order valence-electron chi connectivity index (χ3n) is 4.26. The van der Waals surface area contributed by atoms with Crippen LogP contribution in [0.3, 0.4) is 0 Å². The largest absolute Gasteiger partial charge is 0.497 e. The summed E-state index contributed by atoms with van der Waals surface area (Å²) >= 11 is 6.13. The van der Waals surface area contributed by atoms with Gasteiger partial charge in [-0.15, -0.1) is 0 Å². The zero-order valence-corrected chi connectivity index (χ0v) is 15.1. The highest BCUT2D eigenvalue weighted by atomic mass is 35.5. The van der Waals surface area contributed by atoms with Crippen molar-refractivity contribution in [3.63, 3.8) is 0 Å². The average Bonchev–Trinajstić information content (AvgIpc) is 3.02. The van der Waals surface area contributed by atoms with Crippen molar-refractivity contribution in [1.82, 2.24) is 15.3 Å². The van der Waals surface area contributed by atoms with Gasteiger partial charge in [0.05, 0.1) is 17.7 Å². The fourth-order valence-corrected chi connectivity index (χ4v) is 3.09. The standard InChI is InChI=1S/C19H20ClN3O2/c1-11(8-23-19(24)16-10-21-12(2)6-17(16)20)15-9-22-18-5-4-13(25-3)7-14(15)18/h4-7,9-11,22H,8H2,1-3H3,(H,23,24). The summed E-state index contributed by atoms with van der Waals surface area (Å²) in [6.07, 6.45) is 3.48. The van der Waals surface area contributed by atoms with Crippen LogP contribution in [0.2, 0.25) is 5.02 Å². The van der Waals surface area contributed by atoms with Crippen LogP contribution in [0.25, 0.3) is 10.9 Å². The van der Waals surface area contributed by atoms with Gasteiger partial charge in [-0.05, 0) is 36.8 Å². The number of carbonyl (C=O) groups is 1. The minimum atomic E-state index is -0.221. The Morgan fingerprint density at radius 3 is 2.92 bits per heavy atom. The number of nitrogens with zero attached hydrogens (tertiary/aromatic N) is 1. The molecule has 3 rings (SSSR count). The van der Waals surface area contributed by atoms with Crippen LogP contribution < -0.4 is 10.1 Å². The van der Waals surface area contributed by atoms with Crippen molar-refractivity contribution >= 4 is 28.4 Å². The van der Waals surface area contributed by atoms with E-state index in [0.717, 1.165) is 27.9 Å². The summed E-state index contributed by atoms with van der Waals surface area (Å²) < 4.78 is 5.30. The Kier molecular flexibility index (Phi) is 4.95. The average molecular weight is 358 g/mol. The molecule has 0 saturated heterocycles. The summed E-state index contributed by atoms with van der Waals surface area (Å²) in [6, 6.07) is 7.59. The van der Waals surface area contributed by atoms with Gasteiger partial charge < -0.3 is 15.0 Å². The molecule has 2 N–H and O–H groups in total. The van der Waals surface area contributed by atoms with E-state index in [1.807, 2.05) is 31.3 Å². The Morgan fingerprint density at radius 2 is 2.20 bits per heavy atom. The SMILES string of the molecule is COc1ccc2[nH]cc(C(C)CNC(=O)c3cnc(C)cc3Cl)c2c1. The second-order valence-electron chi connectivity index (χ2n) is 6.07. The van der Waals surface area contributed by atoms with Gasteiger partial charge in [0, 0.05) is 41.5 Å². The van der Waals surface area contributed by atoms with Crippen LogP contribution in [0.5, 0.6) is 5.75 Å². The monoisotopic (exact) mass is 357 g/mol. The number of carbonyl (C=O) groups excluding carboxylic acids is 1. The zero-order valence-electron chi connectivity index (χ0n) is 14.4. The number of aromatic amines is 1. The maximum absolute atomic E-state index is 12.4. The molecule has 1 atom stereocenters. The smallest absolute Gasteiger partial charge is 0.254 e. The number of benzene rings is 1. The van der Waals surface area contributed by atoms with E-state index in [0.29, 0.717) is 17.1 Å². The molecule has 0 radical (unpaired) electrons. The third kappa shape index (κ3) is 3.61. The number of hydrogen-bond donors (Lipinski definition) is 2. The molecule has 130 valence electrons. The summed E-state index contributed by atoms with van der Waals surface area (Å²) in [5.41, 5.74) is 3.34. The Balaban J connectivity index is 1.74. The highest BCUT2D eigenvalue weighted by Gasteiger charge is 2.15. The van der Waals surface area contributed by atoms with E-state index in [1.165, 1.54) is 6.20 Å². The normalized spacial score (nSPS) is 12.2. The molecule has 0 bridgehead atoms. The fraction of sp³-hybridized carbons (Fsp3) is 0.263. The van der Waals surface area contributed by atoms with Gasteiger partial charge in [-0.25, -0.2) is 0 Å². The van der Waals surface area contributed by atoms with E-state index in [1.54, 1.807) is 13.2 Å². The number of hydrogen-bond acceptors (Lipinski definition) is 3. The number of fused-ring (bicyclic) bond motifs is 1. The molecule has 2 heterocycles. The Morgan fingerprint density at radius 1 is 1.40 bits per heavy atom. The van der Waals surface area contributed by atoms with Crippen molar-refractivity contribution in [3.05, 3.63) is 58.5 Å². The van der Waals surface area contributed by atoms with Crippen molar-refractivity contribution < 1.29 is 9.53 Å². The molecule has 0 aliphatic heterocycles. The highest BCUT2D eigenvalue weighted by molar-refractivity contribution is 6.33. The minimum Gasteiger partial charge on any atom is -0.497 e. The Hall–Kier alpha value is -2.53. The number of aromatic nitrogens is 2. The summed E-state index contributed by atoms with van der Waals surface area (Å²) in [6.45, 7) is 4.39. The van der Waals surface area contributed by atoms with E-state index < -0.39 is 0 Å². The van der Waals surface area contributed by atoms with E-state index >= 15 is 0 Å². The number of pyridine rings is 1. The van der Waals surface area contributed by atoms with Gasteiger partial charge in [-0.1, -0.05) is 18.5 Å². The number of ether oxygens (including phenoxy) is 1. The number of methoxy groups -OCH3 is 1. The molecule has 0 fully saturated rings. The molecule has 0 saturated carbocycles. The molecule has 1 amide bonds. The lowest BCUT2D eigenvalue weighted by atomic mass is 10.00. The van der Waals surface area contributed by atoms with Gasteiger partial charge in [-0.2, -0.15) is 0 Å². The number of nitrogens with one attached hydrogen (secondary N) is 2. The first-order valence-electron chi connectivity index (χ1n) is 8.05. The van der Waals surface area contributed by atoms with Gasteiger partial charge in [0.2, 0.25) is 0 Å². The molecule has 1 unspecified atom stereocenters. The maximum atomic E-state index is 12.4. The van der Waals surface area contributed by atoms with Crippen LogP contribution in [0.1, 0.15) is 34.5 Å². The Labute approximate surface area is 151 Å². The molecule has 3 aromatic rings. The van der Waals surface area contributed by atoms with Gasteiger partial charge in [0.15, 0.2) is 0 Å². The maximum Gasteiger partial charge on any atom is 0.254 e. The van der Waals surface area contributed by atoms with Gasteiger partial charge in [0.25, 0.3) is 5.91 Å². The van der Waals surface area contributed by atoms with E-state index in [9.17, 15) is 4.79 Å². The number of rotatable bonds is 5. The summed E-state index contributed by atoms with van der Waals surface area (Å²) in [5, 5.41) is 4.44. The molecule has 0 aliphatic carbocycles. The van der Waals surface area contributed by atoms with Crippen LogP contribution >= 0.6 is 11.6 Å². The lowest BCUT2D eigenvalue weighted by molar-refractivity contribution is 0.0951. The Bertz CT molecular complexity index is 920. The van der Waals surface area contributed by atoms with Crippen LogP contribution in [-0.4, -0.2) is 29.5 Å².